The van der Waals surface area contributed by atoms with Crippen LogP contribution >= 0.6 is 0 Å². The van der Waals surface area contributed by atoms with Crippen molar-refractivity contribution in [2.75, 3.05) is 29.7 Å². The van der Waals surface area contributed by atoms with Gasteiger partial charge in [-0.1, -0.05) is 36.4 Å². The van der Waals surface area contributed by atoms with E-state index in [0.717, 1.165) is 20.7 Å². The van der Waals surface area contributed by atoms with Gasteiger partial charge >= 0.3 is 0 Å². The zero-order valence-corrected chi connectivity index (χ0v) is 25.4. The van der Waals surface area contributed by atoms with E-state index in [1.54, 1.807) is 36.4 Å². The lowest BCUT2D eigenvalue weighted by molar-refractivity contribution is -0.120. The maximum atomic E-state index is 13.6. The summed E-state index contributed by atoms with van der Waals surface area (Å²) in [6, 6.07) is 23.5. The van der Waals surface area contributed by atoms with Gasteiger partial charge in [0.15, 0.2) is 0 Å². The van der Waals surface area contributed by atoms with Crippen molar-refractivity contribution in [2.45, 2.75) is 20.7 Å². The summed E-state index contributed by atoms with van der Waals surface area (Å²) in [5.41, 5.74) is 0.298. The van der Waals surface area contributed by atoms with Crippen LogP contribution in [0, 0.1) is 5.82 Å². The molecule has 0 aromatic heterocycles. The number of nitrogens with one attached hydrogen (secondary N) is 2. The number of carbonyl (C=O) groups excluding carboxylic acids is 1. The Balaban J connectivity index is 1.40. The zero-order chi connectivity index (χ0) is 31.5. The quantitative estimate of drug-likeness (QED) is 0.280. The summed E-state index contributed by atoms with van der Waals surface area (Å²) >= 11 is 0. The van der Waals surface area contributed by atoms with Crippen molar-refractivity contribution in [1.29, 1.82) is 0 Å². The van der Waals surface area contributed by atoms with Crippen LogP contribution in [0.25, 0.3) is 0 Å². The molecule has 4 aromatic carbocycles. The topological polar surface area (TPSA) is 150 Å². The highest BCUT2D eigenvalue weighted by atomic mass is 32.2. The van der Waals surface area contributed by atoms with E-state index in [9.17, 15) is 34.4 Å². The minimum atomic E-state index is -4.20. The summed E-state index contributed by atoms with van der Waals surface area (Å²) in [5.74, 6) is -1.33. The third-order valence-corrected chi connectivity index (χ3v) is 12.1. The van der Waals surface area contributed by atoms with Crippen molar-refractivity contribution in [1.82, 2.24) is 8.61 Å². The monoisotopic (exact) mass is 658 g/mol. The van der Waals surface area contributed by atoms with E-state index in [-0.39, 0.29) is 39.2 Å². The van der Waals surface area contributed by atoms with Gasteiger partial charge < -0.3 is 5.32 Å². The maximum absolute atomic E-state index is 13.6. The van der Waals surface area contributed by atoms with Crippen molar-refractivity contribution in [2.24, 2.45) is 0 Å². The van der Waals surface area contributed by atoms with Gasteiger partial charge in [0.1, 0.15) is 11.9 Å². The second kappa shape index (κ2) is 12.5. The lowest BCUT2D eigenvalue weighted by Gasteiger charge is -2.38. The molecular weight excluding hydrogens is 632 g/mol. The number of amides is 1. The number of nitrogens with zero attached hydrogens (tertiary/aromatic N) is 2. The molecule has 0 saturated carbocycles. The zero-order valence-electron chi connectivity index (χ0n) is 22.9. The number of benzene rings is 4. The van der Waals surface area contributed by atoms with Crippen LogP contribution in [-0.4, -0.2) is 65.4 Å². The molecule has 15 heteroatoms. The van der Waals surface area contributed by atoms with Crippen molar-refractivity contribution >= 4 is 47.4 Å². The third kappa shape index (κ3) is 6.66. The van der Waals surface area contributed by atoms with Crippen LogP contribution < -0.4 is 10.0 Å². The lowest BCUT2D eigenvalue weighted by atomic mass is 10.2. The Bertz CT molecular complexity index is 1960. The van der Waals surface area contributed by atoms with Crippen LogP contribution in [0.4, 0.5) is 15.8 Å². The molecule has 1 atom stereocenters. The number of halogens is 1. The molecule has 230 valence electrons. The molecule has 1 amide bonds. The van der Waals surface area contributed by atoms with Gasteiger partial charge in [-0.2, -0.15) is 8.61 Å². The Morgan fingerprint density at radius 2 is 1.16 bits per heavy atom. The molecule has 1 saturated heterocycles. The molecule has 44 heavy (non-hydrogen) atoms. The molecule has 11 nitrogen and oxygen atoms in total. The van der Waals surface area contributed by atoms with E-state index < -0.39 is 54.4 Å². The van der Waals surface area contributed by atoms with Crippen molar-refractivity contribution in [3.8, 4) is 0 Å². The number of anilines is 2. The molecule has 0 radical (unpaired) electrons. The van der Waals surface area contributed by atoms with E-state index in [1.165, 1.54) is 60.7 Å². The van der Waals surface area contributed by atoms with Crippen LogP contribution in [0.1, 0.15) is 0 Å². The molecular formula is C29H27FN4O7S3. The van der Waals surface area contributed by atoms with Gasteiger partial charge in [0, 0.05) is 31.0 Å². The summed E-state index contributed by atoms with van der Waals surface area (Å²) in [5, 5.41) is 2.59. The number of rotatable bonds is 9. The molecule has 1 aliphatic rings. The first-order valence-corrected chi connectivity index (χ1v) is 17.6. The molecule has 0 aliphatic carbocycles. The van der Waals surface area contributed by atoms with E-state index in [0.29, 0.717) is 0 Å². The first kappa shape index (κ1) is 31.3. The Labute approximate surface area is 255 Å². The van der Waals surface area contributed by atoms with E-state index >= 15 is 0 Å². The highest BCUT2D eigenvalue weighted by Gasteiger charge is 2.43. The van der Waals surface area contributed by atoms with Gasteiger partial charge in [-0.25, -0.2) is 29.6 Å². The Morgan fingerprint density at radius 3 is 1.73 bits per heavy atom. The molecule has 1 fully saturated rings. The first-order valence-electron chi connectivity index (χ1n) is 13.2. The van der Waals surface area contributed by atoms with Gasteiger partial charge in [-0.3, -0.25) is 9.52 Å². The second-order valence-electron chi connectivity index (χ2n) is 9.75. The predicted octanol–water partition coefficient (Wildman–Crippen LogP) is 3.33. The molecule has 0 bridgehead atoms. The highest BCUT2D eigenvalue weighted by molar-refractivity contribution is 7.92. The Morgan fingerprint density at radius 1 is 0.636 bits per heavy atom. The van der Waals surface area contributed by atoms with Gasteiger partial charge in [0.25, 0.3) is 10.0 Å². The van der Waals surface area contributed by atoms with Crippen LogP contribution in [0.2, 0.25) is 0 Å². The lowest BCUT2D eigenvalue weighted by Crippen LogP contribution is -2.60. The summed E-state index contributed by atoms with van der Waals surface area (Å²) < 4.78 is 97.0. The fraction of sp³-hybridized carbons (Fsp3) is 0.138. The van der Waals surface area contributed by atoms with Gasteiger partial charge in [0.2, 0.25) is 26.0 Å². The SMILES string of the molecule is O=C(Nc1ccc(S(=O)(=O)Nc2ccc(F)cc2)cc1)[C@H]1CN(S(=O)(=O)c2ccccc2)CCN1S(=O)(=O)c1ccccc1. The summed E-state index contributed by atoms with van der Waals surface area (Å²) in [4.78, 5) is 13.4. The van der Waals surface area contributed by atoms with Gasteiger partial charge in [-0.05, 0) is 72.8 Å². The van der Waals surface area contributed by atoms with Gasteiger partial charge in [0.05, 0.1) is 14.7 Å². The minimum absolute atomic E-state index is 0.00423. The van der Waals surface area contributed by atoms with Crippen LogP contribution in [-0.2, 0) is 34.9 Å². The number of hydrogen-bond acceptors (Lipinski definition) is 7. The minimum Gasteiger partial charge on any atom is -0.325 e. The Kier molecular flexibility index (Phi) is 8.85. The smallest absolute Gasteiger partial charge is 0.261 e. The molecule has 1 heterocycles. The van der Waals surface area contributed by atoms with Crippen LogP contribution in [0.3, 0.4) is 0 Å². The van der Waals surface area contributed by atoms with Gasteiger partial charge in [-0.15, -0.1) is 0 Å². The molecule has 4 aromatic rings. The number of hydrogen-bond donors (Lipinski definition) is 2. The largest absolute Gasteiger partial charge is 0.325 e. The summed E-state index contributed by atoms with van der Waals surface area (Å²) in [6.45, 7) is -0.919. The van der Waals surface area contributed by atoms with Crippen LogP contribution in [0.5, 0.6) is 0 Å². The number of carbonyl (C=O) groups is 1. The second-order valence-corrected chi connectivity index (χ2v) is 15.3. The van der Waals surface area contributed by atoms with E-state index in [2.05, 4.69) is 10.0 Å². The summed E-state index contributed by atoms with van der Waals surface area (Å²) in [6.07, 6.45) is 0. The fourth-order valence-electron chi connectivity index (χ4n) is 4.61. The Hall–Kier alpha value is -4.15. The average Bonchev–Trinajstić information content (AvgIpc) is 3.03. The van der Waals surface area contributed by atoms with E-state index in [4.69, 9.17) is 0 Å². The normalized spacial score (nSPS) is 16.7. The molecule has 1 aliphatic heterocycles. The fourth-order valence-corrected chi connectivity index (χ4v) is 8.71. The van der Waals surface area contributed by atoms with E-state index in [1.807, 2.05) is 0 Å². The number of piperazine rings is 1. The molecule has 0 unspecified atom stereocenters. The average molecular weight is 659 g/mol. The molecule has 2 N–H and O–H groups in total. The van der Waals surface area contributed by atoms with Crippen molar-refractivity contribution < 1.29 is 34.4 Å². The first-order chi connectivity index (χ1) is 20.9. The van der Waals surface area contributed by atoms with Crippen molar-refractivity contribution in [3.63, 3.8) is 0 Å². The van der Waals surface area contributed by atoms with Crippen molar-refractivity contribution in [3.05, 3.63) is 115 Å². The maximum Gasteiger partial charge on any atom is 0.261 e. The van der Waals surface area contributed by atoms with Crippen LogP contribution in [0.15, 0.2) is 124 Å². The molecule has 5 rings (SSSR count). The highest BCUT2D eigenvalue weighted by Crippen LogP contribution is 2.27. The number of sulfonamides is 3. The molecule has 0 spiro atoms. The third-order valence-electron chi connectivity index (χ3n) is 6.86. The standard InChI is InChI=1S/C29H27FN4O7S3/c30-22-11-13-24(14-12-22)32-42(36,37)25-17-15-23(16-18-25)31-29(35)28-21-33(43(38,39)26-7-3-1-4-8-26)19-20-34(28)44(40,41)27-9-5-2-6-10-27/h1-18,28,32H,19-21H2,(H,31,35)/t28-/m1/s1. The summed E-state index contributed by atoms with van der Waals surface area (Å²) in [7, 11) is -12.3. The predicted molar refractivity (Wildman–Crippen MR) is 162 cm³/mol.